The summed E-state index contributed by atoms with van der Waals surface area (Å²) in [6, 6.07) is 12.5. The quantitative estimate of drug-likeness (QED) is 0.707. The Hall–Kier alpha value is -1.88. The van der Waals surface area contributed by atoms with Gasteiger partial charge in [-0.3, -0.25) is 4.98 Å². The first kappa shape index (κ1) is 9.67. The minimum absolute atomic E-state index is 0.630. The molecule has 0 saturated heterocycles. The van der Waals surface area contributed by atoms with Gasteiger partial charge in [-0.1, -0.05) is 12.1 Å². The summed E-state index contributed by atoms with van der Waals surface area (Å²) in [6.45, 7) is 0. The summed E-state index contributed by atoms with van der Waals surface area (Å²) in [5.41, 5.74) is 2.31. The lowest BCUT2D eigenvalue weighted by atomic mass is 10.1. The van der Waals surface area contributed by atoms with Crippen LogP contribution in [0.15, 0.2) is 36.5 Å². The van der Waals surface area contributed by atoms with Gasteiger partial charge in [0, 0.05) is 18.0 Å². The Kier molecular flexibility index (Phi) is 2.94. The number of fused-ring (bicyclic) bond motifs is 1. The maximum Gasteiger partial charge on any atom is 0.0702 e. The van der Waals surface area contributed by atoms with Crippen LogP contribution in [0, 0.1) is 11.3 Å². The fourth-order valence-electron chi connectivity index (χ4n) is 1.65. The normalized spacial score (nSPS) is 10.1. The zero-order valence-electron chi connectivity index (χ0n) is 8.48. The first-order valence-electron chi connectivity index (χ1n) is 5.11. The molecule has 0 atom stereocenters. The lowest BCUT2D eigenvalue weighted by Crippen LogP contribution is -1.86. The van der Waals surface area contributed by atoms with Crippen molar-refractivity contribution >= 4 is 10.9 Å². The van der Waals surface area contributed by atoms with E-state index in [1.54, 1.807) is 6.20 Å². The van der Waals surface area contributed by atoms with Gasteiger partial charge in [-0.15, -0.1) is 0 Å². The van der Waals surface area contributed by atoms with E-state index < -0.39 is 0 Å². The predicted octanol–water partition coefficient (Wildman–Crippen LogP) is 3.08. The van der Waals surface area contributed by atoms with Crippen LogP contribution in [0.2, 0.25) is 0 Å². The molecule has 0 aliphatic carbocycles. The van der Waals surface area contributed by atoms with Gasteiger partial charge in [0.2, 0.25) is 0 Å². The number of aryl methyl sites for hydroxylation is 1. The van der Waals surface area contributed by atoms with E-state index in [2.05, 4.69) is 29.3 Å². The van der Waals surface area contributed by atoms with Crippen molar-refractivity contribution in [1.82, 2.24) is 4.98 Å². The number of hydrogen-bond acceptors (Lipinski definition) is 2. The summed E-state index contributed by atoms with van der Waals surface area (Å²) in [4.78, 5) is 4.27. The minimum Gasteiger partial charge on any atom is -0.256 e. The zero-order chi connectivity index (χ0) is 10.5. The molecule has 15 heavy (non-hydrogen) atoms. The average molecular weight is 196 g/mol. The SMILES string of the molecule is N#CCCCc1ccc2ncccc2c1. The maximum absolute atomic E-state index is 8.46. The first-order valence-corrected chi connectivity index (χ1v) is 5.11. The van der Waals surface area contributed by atoms with Gasteiger partial charge in [-0.2, -0.15) is 5.26 Å². The molecule has 0 N–H and O–H groups in total. The van der Waals surface area contributed by atoms with E-state index in [0.717, 1.165) is 18.4 Å². The topological polar surface area (TPSA) is 36.7 Å². The third-order valence-corrected chi connectivity index (χ3v) is 2.42. The summed E-state index contributed by atoms with van der Waals surface area (Å²) < 4.78 is 0. The number of aromatic nitrogens is 1. The summed E-state index contributed by atoms with van der Waals surface area (Å²) in [7, 11) is 0. The van der Waals surface area contributed by atoms with Gasteiger partial charge in [0.05, 0.1) is 11.6 Å². The molecule has 0 bridgehead atoms. The van der Waals surface area contributed by atoms with Gasteiger partial charge < -0.3 is 0 Å². The molecule has 0 aliphatic rings. The molecule has 0 amide bonds. The van der Waals surface area contributed by atoms with E-state index in [-0.39, 0.29) is 0 Å². The van der Waals surface area contributed by atoms with Gasteiger partial charge in [0.1, 0.15) is 0 Å². The highest BCUT2D eigenvalue weighted by Crippen LogP contribution is 2.14. The fourth-order valence-corrected chi connectivity index (χ4v) is 1.65. The lowest BCUT2D eigenvalue weighted by Gasteiger charge is -2.01. The maximum atomic E-state index is 8.46. The second kappa shape index (κ2) is 4.56. The molecular weight excluding hydrogens is 184 g/mol. The highest BCUT2D eigenvalue weighted by atomic mass is 14.6. The number of nitrogens with zero attached hydrogens (tertiary/aromatic N) is 2. The van der Waals surface area contributed by atoms with Crippen molar-refractivity contribution in [3.05, 3.63) is 42.1 Å². The van der Waals surface area contributed by atoms with Crippen molar-refractivity contribution in [1.29, 1.82) is 5.26 Å². The number of nitriles is 1. The molecule has 1 heterocycles. The van der Waals surface area contributed by atoms with Gasteiger partial charge in [0.25, 0.3) is 0 Å². The van der Waals surface area contributed by atoms with Gasteiger partial charge in [0.15, 0.2) is 0 Å². The molecule has 0 saturated carbocycles. The summed E-state index contributed by atoms with van der Waals surface area (Å²) in [6.07, 6.45) is 4.34. The van der Waals surface area contributed by atoms with Crippen molar-refractivity contribution in [2.75, 3.05) is 0 Å². The van der Waals surface area contributed by atoms with Crippen LogP contribution in [-0.2, 0) is 6.42 Å². The van der Waals surface area contributed by atoms with Crippen LogP contribution in [0.25, 0.3) is 10.9 Å². The number of benzene rings is 1. The van der Waals surface area contributed by atoms with Crippen LogP contribution in [-0.4, -0.2) is 4.98 Å². The molecule has 0 radical (unpaired) electrons. The van der Waals surface area contributed by atoms with Crippen LogP contribution >= 0.6 is 0 Å². The molecule has 74 valence electrons. The molecule has 2 nitrogen and oxygen atoms in total. The molecule has 0 aliphatic heterocycles. The molecule has 1 aromatic carbocycles. The number of hydrogen-bond donors (Lipinski definition) is 0. The molecule has 2 aromatic rings. The minimum atomic E-state index is 0.630. The summed E-state index contributed by atoms with van der Waals surface area (Å²) in [5, 5.41) is 9.63. The number of pyridine rings is 1. The largest absolute Gasteiger partial charge is 0.256 e. The number of rotatable bonds is 3. The predicted molar refractivity (Wildman–Crippen MR) is 60.3 cm³/mol. The molecule has 0 unspecified atom stereocenters. The second-order valence-corrected chi connectivity index (χ2v) is 3.54. The van der Waals surface area contributed by atoms with Crippen LogP contribution in [0.3, 0.4) is 0 Å². The monoisotopic (exact) mass is 196 g/mol. The Balaban J connectivity index is 2.20. The molecule has 2 rings (SSSR count). The first-order chi connectivity index (χ1) is 7.40. The van der Waals surface area contributed by atoms with Crippen LogP contribution < -0.4 is 0 Å². The molecule has 2 heteroatoms. The van der Waals surface area contributed by atoms with Crippen LogP contribution in [0.4, 0.5) is 0 Å². The molecular formula is C13H12N2. The van der Waals surface area contributed by atoms with Gasteiger partial charge in [-0.05, 0) is 36.6 Å². The Morgan fingerprint density at radius 3 is 3.07 bits per heavy atom. The Morgan fingerprint density at radius 2 is 2.20 bits per heavy atom. The molecule has 0 fully saturated rings. The van der Waals surface area contributed by atoms with E-state index in [4.69, 9.17) is 5.26 Å². The van der Waals surface area contributed by atoms with E-state index in [1.807, 2.05) is 12.1 Å². The third kappa shape index (κ3) is 2.32. The van der Waals surface area contributed by atoms with Gasteiger partial charge >= 0.3 is 0 Å². The Labute approximate surface area is 89.2 Å². The van der Waals surface area contributed by atoms with Crippen molar-refractivity contribution < 1.29 is 0 Å². The Bertz CT molecular complexity index is 497. The standard InChI is InChI=1S/C13H12N2/c14-8-2-1-4-11-6-7-13-12(10-11)5-3-9-15-13/h3,5-7,9-10H,1-2,4H2. The highest BCUT2D eigenvalue weighted by Gasteiger charge is 1.96. The van der Waals surface area contributed by atoms with E-state index in [0.29, 0.717) is 6.42 Å². The average Bonchev–Trinajstić information content (AvgIpc) is 2.29. The zero-order valence-corrected chi connectivity index (χ0v) is 8.48. The summed E-state index contributed by atoms with van der Waals surface area (Å²) >= 11 is 0. The Morgan fingerprint density at radius 1 is 1.27 bits per heavy atom. The lowest BCUT2D eigenvalue weighted by molar-refractivity contribution is 0.851. The van der Waals surface area contributed by atoms with E-state index >= 15 is 0 Å². The third-order valence-electron chi connectivity index (χ3n) is 2.42. The van der Waals surface area contributed by atoms with Crippen molar-refractivity contribution in [3.8, 4) is 6.07 Å². The van der Waals surface area contributed by atoms with E-state index in [1.165, 1.54) is 10.9 Å². The molecule has 0 spiro atoms. The highest BCUT2D eigenvalue weighted by molar-refractivity contribution is 5.78. The number of unbranched alkanes of at least 4 members (excludes halogenated alkanes) is 1. The molecule has 1 aromatic heterocycles. The second-order valence-electron chi connectivity index (χ2n) is 3.54. The fraction of sp³-hybridized carbons (Fsp3) is 0.231. The van der Waals surface area contributed by atoms with Crippen molar-refractivity contribution in [3.63, 3.8) is 0 Å². The van der Waals surface area contributed by atoms with Crippen molar-refractivity contribution in [2.24, 2.45) is 0 Å². The van der Waals surface area contributed by atoms with E-state index in [9.17, 15) is 0 Å². The van der Waals surface area contributed by atoms with Crippen LogP contribution in [0.1, 0.15) is 18.4 Å². The van der Waals surface area contributed by atoms with Gasteiger partial charge in [-0.25, -0.2) is 0 Å². The van der Waals surface area contributed by atoms with Crippen LogP contribution in [0.5, 0.6) is 0 Å². The van der Waals surface area contributed by atoms with Crippen molar-refractivity contribution in [2.45, 2.75) is 19.3 Å². The summed E-state index contributed by atoms with van der Waals surface area (Å²) in [5.74, 6) is 0. The smallest absolute Gasteiger partial charge is 0.0702 e.